The molecule has 0 atom stereocenters. The average molecular weight is 273 g/mol. The molecular weight excluding hydrogens is 268 g/mol. The molecule has 5 heteroatoms. The SMILES string of the molecule is FC(F)(F)Cc1ccc(Br)cc1Cl. The van der Waals surface area contributed by atoms with E-state index in [1.807, 2.05) is 0 Å². The molecule has 0 aromatic heterocycles. The fourth-order valence-corrected chi connectivity index (χ4v) is 1.62. The second-order valence-electron chi connectivity index (χ2n) is 2.53. The molecule has 13 heavy (non-hydrogen) atoms. The minimum atomic E-state index is -4.21. The van der Waals surface area contributed by atoms with Gasteiger partial charge in [0, 0.05) is 9.50 Å². The van der Waals surface area contributed by atoms with Crippen LogP contribution in [-0.2, 0) is 6.42 Å². The van der Waals surface area contributed by atoms with Crippen molar-refractivity contribution in [1.29, 1.82) is 0 Å². The van der Waals surface area contributed by atoms with Gasteiger partial charge in [0.25, 0.3) is 0 Å². The minimum Gasteiger partial charge on any atom is -0.171 e. The number of benzene rings is 1. The summed E-state index contributed by atoms with van der Waals surface area (Å²) < 4.78 is 36.5. The monoisotopic (exact) mass is 272 g/mol. The summed E-state index contributed by atoms with van der Waals surface area (Å²) in [5.41, 5.74) is 0.0948. The number of hydrogen-bond acceptors (Lipinski definition) is 0. The van der Waals surface area contributed by atoms with Crippen LogP contribution >= 0.6 is 27.5 Å². The van der Waals surface area contributed by atoms with Crippen molar-refractivity contribution in [2.75, 3.05) is 0 Å². The first-order valence-corrected chi connectivity index (χ1v) is 4.56. The third-order valence-corrected chi connectivity index (χ3v) is 2.25. The topological polar surface area (TPSA) is 0 Å². The summed E-state index contributed by atoms with van der Waals surface area (Å²) in [6, 6.07) is 4.34. The molecule has 0 N–H and O–H groups in total. The van der Waals surface area contributed by atoms with E-state index in [9.17, 15) is 13.2 Å². The van der Waals surface area contributed by atoms with Crippen LogP contribution in [0.3, 0.4) is 0 Å². The van der Waals surface area contributed by atoms with E-state index in [0.717, 1.165) is 0 Å². The van der Waals surface area contributed by atoms with E-state index in [4.69, 9.17) is 11.6 Å². The van der Waals surface area contributed by atoms with Crippen molar-refractivity contribution >= 4 is 27.5 Å². The van der Waals surface area contributed by atoms with Crippen molar-refractivity contribution in [3.63, 3.8) is 0 Å². The van der Waals surface area contributed by atoms with Crippen molar-refractivity contribution in [3.8, 4) is 0 Å². The predicted molar refractivity (Wildman–Crippen MR) is 48.9 cm³/mol. The molecule has 0 heterocycles. The first-order valence-electron chi connectivity index (χ1n) is 3.39. The predicted octanol–water partition coefficient (Wildman–Crippen LogP) is 4.21. The van der Waals surface area contributed by atoms with E-state index in [-0.39, 0.29) is 10.6 Å². The minimum absolute atomic E-state index is 0.0948. The number of halogens is 5. The van der Waals surface area contributed by atoms with Gasteiger partial charge in [-0.25, -0.2) is 0 Å². The van der Waals surface area contributed by atoms with E-state index >= 15 is 0 Å². The Morgan fingerprint density at radius 2 is 1.92 bits per heavy atom. The molecule has 0 amide bonds. The summed E-state index contributed by atoms with van der Waals surface area (Å²) in [5.74, 6) is 0. The van der Waals surface area contributed by atoms with Crippen LogP contribution < -0.4 is 0 Å². The molecule has 0 spiro atoms. The van der Waals surface area contributed by atoms with Gasteiger partial charge < -0.3 is 0 Å². The van der Waals surface area contributed by atoms with Gasteiger partial charge in [0.2, 0.25) is 0 Å². The van der Waals surface area contributed by atoms with Crippen LogP contribution in [0, 0.1) is 0 Å². The van der Waals surface area contributed by atoms with E-state index in [1.165, 1.54) is 18.2 Å². The fourth-order valence-electron chi connectivity index (χ4n) is 0.881. The zero-order valence-electron chi connectivity index (χ0n) is 6.33. The lowest BCUT2D eigenvalue weighted by atomic mass is 10.1. The normalized spacial score (nSPS) is 11.8. The van der Waals surface area contributed by atoms with Crippen LogP contribution in [-0.4, -0.2) is 6.18 Å². The lowest BCUT2D eigenvalue weighted by molar-refractivity contribution is -0.127. The van der Waals surface area contributed by atoms with Gasteiger partial charge in [-0.05, 0) is 17.7 Å². The maximum absolute atomic E-state index is 12.0. The Morgan fingerprint density at radius 1 is 1.31 bits per heavy atom. The molecular formula is C8H5BrClF3. The standard InChI is InChI=1S/C8H5BrClF3/c9-6-2-1-5(7(10)3-6)4-8(11,12)13/h1-3H,4H2. The van der Waals surface area contributed by atoms with Crippen molar-refractivity contribution in [1.82, 2.24) is 0 Å². The van der Waals surface area contributed by atoms with Gasteiger partial charge in [-0.1, -0.05) is 33.6 Å². The first kappa shape index (κ1) is 10.9. The third-order valence-electron chi connectivity index (χ3n) is 1.41. The lowest BCUT2D eigenvalue weighted by Gasteiger charge is -2.07. The molecule has 0 nitrogen and oxygen atoms in total. The highest BCUT2D eigenvalue weighted by Crippen LogP contribution is 2.27. The van der Waals surface area contributed by atoms with Crippen molar-refractivity contribution in [3.05, 3.63) is 33.3 Å². The Labute approximate surface area is 86.8 Å². The van der Waals surface area contributed by atoms with Crippen LogP contribution in [0.4, 0.5) is 13.2 Å². The molecule has 0 fully saturated rings. The summed E-state index contributed by atoms with van der Waals surface area (Å²) in [6.45, 7) is 0. The van der Waals surface area contributed by atoms with E-state index in [0.29, 0.717) is 4.47 Å². The molecule has 0 saturated heterocycles. The molecule has 1 aromatic carbocycles. The zero-order valence-corrected chi connectivity index (χ0v) is 8.67. The van der Waals surface area contributed by atoms with Gasteiger partial charge in [-0.2, -0.15) is 13.2 Å². The highest BCUT2D eigenvalue weighted by molar-refractivity contribution is 9.10. The van der Waals surface area contributed by atoms with Crippen LogP contribution in [0.1, 0.15) is 5.56 Å². The molecule has 0 bridgehead atoms. The Morgan fingerprint density at radius 3 is 2.38 bits per heavy atom. The first-order chi connectivity index (χ1) is 5.88. The van der Waals surface area contributed by atoms with Crippen LogP contribution in [0.5, 0.6) is 0 Å². The Bertz CT molecular complexity index is 309. The lowest BCUT2D eigenvalue weighted by Crippen LogP contribution is -2.11. The van der Waals surface area contributed by atoms with Crippen LogP contribution in [0.25, 0.3) is 0 Å². The quantitative estimate of drug-likeness (QED) is 0.719. The van der Waals surface area contributed by atoms with Gasteiger partial charge in [0.15, 0.2) is 0 Å². The maximum Gasteiger partial charge on any atom is 0.393 e. The molecule has 0 saturated carbocycles. The summed E-state index contributed by atoms with van der Waals surface area (Å²) in [6.07, 6.45) is -5.20. The van der Waals surface area contributed by atoms with Gasteiger partial charge in [-0.15, -0.1) is 0 Å². The van der Waals surface area contributed by atoms with Gasteiger partial charge >= 0.3 is 6.18 Å². The largest absolute Gasteiger partial charge is 0.393 e. The van der Waals surface area contributed by atoms with Gasteiger partial charge in [-0.3, -0.25) is 0 Å². The van der Waals surface area contributed by atoms with E-state index < -0.39 is 12.6 Å². The average Bonchev–Trinajstić information content (AvgIpc) is 1.93. The Kier molecular flexibility index (Phi) is 3.24. The molecule has 72 valence electrons. The highest BCUT2D eigenvalue weighted by atomic mass is 79.9. The zero-order chi connectivity index (χ0) is 10.1. The summed E-state index contributed by atoms with van der Waals surface area (Å²) in [5, 5.41) is 0.131. The second-order valence-corrected chi connectivity index (χ2v) is 3.85. The molecule has 0 radical (unpaired) electrons. The number of rotatable bonds is 1. The third kappa shape index (κ3) is 3.56. The Balaban J connectivity index is 2.90. The molecule has 0 aliphatic rings. The smallest absolute Gasteiger partial charge is 0.171 e. The van der Waals surface area contributed by atoms with Gasteiger partial charge in [0.1, 0.15) is 0 Å². The van der Waals surface area contributed by atoms with Gasteiger partial charge in [0.05, 0.1) is 6.42 Å². The fraction of sp³-hybridized carbons (Fsp3) is 0.250. The molecule has 0 aliphatic heterocycles. The molecule has 1 rings (SSSR count). The van der Waals surface area contributed by atoms with Crippen LogP contribution in [0.15, 0.2) is 22.7 Å². The molecule has 0 aliphatic carbocycles. The Hall–Kier alpha value is -0.220. The highest BCUT2D eigenvalue weighted by Gasteiger charge is 2.28. The van der Waals surface area contributed by atoms with Crippen molar-refractivity contribution in [2.24, 2.45) is 0 Å². The summed E-state index contributed by atoms with van der Waals surface area (Å²) in [7, 11) is 0. The van der Waals surface area contributed by atoms with E-state index in [1.54, 1.807) is 0 Å². The summed E-state index contributed by atoms with van der Waals surface area (Å²) in [4.78, 5) is 0. The second kappa shape index (κ2) is 3.88. The van der Waals surface area contributed by atoms with Crippen molar-refractivity contribution in [2.45, 2.75) is 12.6 Å². The van der Waals surface area contributed by atoms with Crippen molar-refractivity contribution < 1.29 is 13.2 Å². The summed E-state index contributed by atoms with van der Waals surface area (Å²) >= 11 is 8.72. The number of alkyl halides is 3. The number of hydrogen-bond donors (Lipinski definition) is 0. The maximum atomic E-state index is 12.0. The molecule has 1 aromatic rings. The van der Waals surface area contributed by atoms with Crippen LogP contribution in [0.2, 0.25) is 5.02 Å². The van der Waals surface area contributed by atoms with E-state index in [2.05, 4.69) is 15.9 Å². The molecule has 0 unspecified atom stereocenters.